The normalized spacial score (nSPS) is 18.6. The van der Waals surface area contributed by atoms with Crippen molar-refractivity contribution in [2.75, 3.05) is 12.4 Å². The minimum Gasteiger partial charge on any atom is -0.497 e. The molecule has 25 heavy (non-hydrogen) atoms. The second-order valence-corrected chi connectivity index (χ2v) is 6.12. The summed E-state index contributed by atoms with van der Waals surface area (Å²) in [4.78, 5) is 25.0. The number of ether oxygens (including phenoxy) is 2. The van der Waals surface area contributed by atoms with Gasteiger partial charge < -0.3 is 20.1 Å². The standard InChI is InChI=1S/C19H20N2O4/c1-12-7-8-16-15(9-12)21-18(23)19(2,25-16)17(22)20-11-13-5-4-6-14(10-13)24-3/h4-10H,11H2,1-3H3,(H,20,22)(H,21,23). The zero-order valence-corrected chi connectivity index (χ0v) is 14.4. The Balaban J connectivity index is 1.74. The van der Waals surface area contributed by atoms with Gasteiger partial charge in [-0.05, 0) is 49.2 Å². The number of hydrogen-bond acceptors (Lipinski definition) is 4. The van der Waals surface area contributed by atoms with Gasteiger partial charge in [0.2, 0.25) is 0 Å². The molecule has 0 saturated heterocycles. The molecular formula is C19H20N2O4. The van der Waals surface area contributed by atoms with E-state index in [1.807, 2.05) is 37.3 Å². The maximum Gasteiger partial charge on any atom is 0.278 e. The molecule has 1 atom stereocenters. The van der Waals surface area contributed by atoms with Crippen LogP contribution in [0.3, 0.4) is 0 Å². The average Bonchev–Trinajstić information content (AvgIpc) is 2.61. The highest BCUT2D eigenvalue weighted by atomic mass is 16.5. The molecule has 2 N–H and O–H groups in total. The van der Waals surface area contributed by atoms with Crippen molar-refractivity contribution in [1.82, 2.24) is 5.32 Å². The van der Waals surface area contributed by atoms with Crippen molar-refractivity contribution in [2.45, 2.75) is 26.0 Å². The molecule has 2 amide bonds. The first kappa shape index (κ1) is 16.8. The van der Waals surface area contributed by atoms with Crippen LogP contribution in [0.15, 0.2) is 42.5 Å². The monoisotopic (exact) mass is 340 g/mol. The van der Waals surface area contributed by atoms with E-state index in [0.717, 1.165) is 11.1 Å². The van der Waals surface area contributed by atoms with E-state index in [0.29, 0.717) is 17.2 Å². The number of anilines is 1. The third kappa shape index (κ3) is 3.28. The summed E-state index contributed by atoms with van der Waals surface area (Å²) in [5.41, 5.74) is 0.807. The average molecular weight is 340 g/mol. The summed E-state index contributed by atoms with van der Waals surface area (Å²) < 4.78 is 10.9. The van der Waals surface area contributed by atoms with E-state index in [1.54, 1.807) is 19.2 Å². The number of methoxy groups -OCH3 is 1. The smallest absolute Gasteiger partial charge is 0.278 e. The van der Waals surface area contributed by atoms with Crippen LogP contribution in [-0.4, -0.2) is 24.5 Å². The highest BCUT2D eigenvalue weighted by molar-refractivity contribution is 6.15. The molecule has 0 fully saturated rings. The molecule has 130 valence electrons. The maximum atomic E-state index is 12.6. The lowest BCUT2D eigenvalue weighted by atomic mass is 10.0. The summed E-state index contributed by atoms with van der Waals surface area (Å²) in [6, 6.07) is 12.8. The van der Waals surface area contributed by atoms with E-state index in [4.69, 9.17) is 9.47 Å². The van der Waals surface area contributed by atoms with Crippen molar-refractivity contribution < 1.29 is 19.1 Å². The molecule has 3 rings (SSSR count). The number of rotatable bonds is 4. The number of carbonyl (C=O) groups excluding carboxylic acids is 2. The third-order valence-electron chi connectivity index (χ3n) is 4.15. The van der Waals surface area contributed by atoms with E-state index in [2.05, 4.69) is 10.6 Å². The number of benzene rings is 2. The largest absolute Gasteiger partial charge is 0.497 e. The topological polar surface area (TPSA) is 76.7 Å². The van der Waals surface area contributed by atoms with Crippen molar-refractivity contribution in [3.63, 3.8) is 0 Å². The molecule has 0 aromatic heterocycles. The van der Waals surface area contributed by atoms with Crippen molar-refractivity contribution in [2.24, 2.45) is 0 Å². The molecule has 0 saturated carbocycles. The Kier molecular flexibility index (Phi) is 4.35. The van der Waals surface area contributed by atoms with Gasteiger partial charge in [-0.1, -0.05) is 18.2 Å². The van der Waals surface area contributed by atoms with Gasteiger partial charge in [-0.3, -0.25) is 9.59 Å². The first-order chi connectivity index (χ1) is 11.9. The van der Waals surface area contributed by atoms with E-state index >= 15 is 0 Å². The van der Waals surface area contributed by atoms with Crippen LogP contribution in [0.2, 0.25) is 0 Å². The predicted molar refractivity (Wildman–Crippen MR) is 93.7 cm³/mol. The lowest BCUT2D eigenvalue weighted by Crippen LogP contribution is -2.58. The Hall–Kier alpha value is -3.02. The summed E-state index contributed by atoms with van der Waals surface area (Å²) in [5, 5.41) is 5.50. The number of carbonyl (C=O) groups is 2. The molecule has 2 aromatic rings. The van der Waals surface area contributed by atoms with Gasteiger partial charge in [0, 0.05) is 6.54 Å². The minimum atomic E-state index is -1.62. The number of nitrogens with one attached hydrogen (secondary N) is 2. The van der Waals surface area contributed by atoms with Crippen molar-refractivity contribution in [3.8, 4) is 11.5 Å². The summed E-state index contributed by atoms with van der Waals surface area (Å²) in [7, 11) is 1.58. The second-order valence-electron chi connectivity index (χ2n) is 6.12. The van der Waals surface area contributed by atoms with Crippen LogP contribution >= 0.6 is 0 Å². The number of fused-ring (bicyclic) bond motifs is 1. The Labute approximate surface area is 146 Å². The van der Waals surface area contributed by atoms with Gasteiger partial charge in [0.1, 0.15) is 11.5 Å². The van der Waals surface area contributed by atoms with E-state index in [9.17, 15) is 9.59 Å². The van der Waals surface area contributed by atoms with Gasteiger partial charge in [0.05, 0.1) is 12.8 Å². The van der Waals surface area contributed by atoms with Gasteiger partial charge >= 0.3 is 0 Å². The molecule has 1 aliphatic rings. The summed E-state index contributed by atoms with van der Waals surface area (Å²) in [6.45, 7) is 3.65. The maximum absolute atomic E-state index is 12.6. The highest BCUT2D eigenvalue weighted by Gasteiger charge is 2.47. The molecule has 0 spiro atoms. The van der Waals surface area contributed by atoms with Gasteiger partial charge in [0.25, 0.3) is 17.4 Å². The van der Waals surface area contributed by atoms with Crippen LogP contribution < -0.4 is 20.1 Å². The van der Waals surface area contributed by atoms with Crippen molar-refractivity contribution in [1.29, 1.82) is 0 Å². The molecule has 1 heterocycles. The Morgan fingerprint density at radius 1 is 1.28 bits per heavy atom. The number of aryl methyl sites for hydroxylation is 1. The SMILES string of the molecule is COc1cccc(CNC(=O)C2(C)Oc3ccc(C)cc3NC2=O)c1. The van der Waals surface area contributed by atoms with Crippen LogP contribution in [0.4, 0.5) is 5.69 Å². The molecule has 0 radical (unpaired) electrons. The lowest BCUT2D eigenvalue weighted by molar-refractivity contribution is -0.146. The fourth-order valence-corrected chi connectivity index (χ4v) is 2.62. The molecule has 0 aliphatic carbocycles. The summed E-state index contributed by atoms with van der Waals surface area (Å²) in [6.07, 6.45) is 0. The van der Waals surface area contributed by atoms with Crippen LogP contribution in [-0.2, 0) is 16.1 Å². The fourth-order valence-electron chi connectivity index (χ4n) is 2.62. The number of amides is 2. The lowest BCUT2D eigenvalue weighted by Gasteiger charge is -2.33. The molecule has 6 heteroatoms. The fraction of sp³-hybridized carbons (Fsp3) is 0.263. The van der Waals surface area contributed by atoms with Crippen LogP contribution in [0.1, 0.15) is 18.1 Å². The van der Waals surface area contributed by atoms with Gasteiger partial charge in [-0.2, -0.15) is 0 Å². The highest BCUT2D eigenvalue weighted by Crippen LogP contribution is 2.34. The Morgan fingerprint density at radius 2 is 2.08 bits per heavy atom. The van der Waals surface area contributed by atoms with Crippen LogP contribution in [0.5, 0.6) is 11.5 Å². The number of hydrogen-bond donors (Lipinski definition) is 2. The summed E-state index contributed by atoms with van der Waals surface area (Å²) >= 11 is 0. The molecule has 0 bridgehead atoms. The minimum absolute atomic E-state index is 0.267. The zero-order chi connectivity index (χ0) is 18.0. The van der Waals surface area contributed by atoms with Crippen molar-refractivity contribution >= 4 is 17.5 Å². The first-order valence-corrected chi connectivity index (χ1v) is 7.95. The molecule has 1 aliphatic heterocycles. The Morgan fingerprint density at radius 3 is 2.84 bits per heavy atom. The van der Waals surface area contributed by atoms with Crippen LogP contribution in [0, 0.1) is 6.92 Å². The van der Waals surface area contributed by atoms with Gasteiger partial charge in [-0.25, -0.2) is 0 Å². The summed E-state index contributed by atoms with van der Waals surface area (Å²) in [5.74, 6) is 0.186. The predicted octanol–water partition coefficient (Wildman–Crippen LogP) is 2.41. The third-order valence-corrected chi connectivity index (χ3v) is 4.15. The van der Waals surface area contributed by atoms with E-state index in [-0.39, 0.29) is 6.54 Å². The molecule has 1 unspecified atom stereocenters. The molecule has 6 nitrogen and oxygen atoms in total. The molecule has 2 aromatic carbocycles. The quantitative estimate of drug-likeness (QED) is 0.838. The second kappa shape index (κ2) is 6.47. The van der Waals surface area contributed by atoms with E-state index < -0.39 is 17.4 Å². The Bertz CT molecular complexity index is 834. The van der Waals surface area contributed by atoms with E-state index in [1.165, 1.54) is 6.92 Å². The van der Waals surface area contributed by atoms with Gasteiger partial charge in [0.15, 0.2) is 0 Å². The van der Waals surface area contributed by atoms with Crippen LogP contribution in [0.25, 0.3) is 0 Å². The molecular weight excluding hydrogens is 320 g/mol. The van der Waals surface area contributed by atoms with Crippen molar-refractivity contribution in [3.05, 3.63) is 53.6 Å². The first-order valence-electron chi connectivity index (χ1n) is 7.95. The van der Waals surface area contributed by atoms with Gasteiger partial charge in [-0.15, -0.1) is 0 Å². The zero-order valence-electron chi connectivity index (χ0n) is 14.4.